The first-order valence-corrected chi connectivity index (χ1v) is 5.81. The Balaban J connectivity index is 2.27. The number of nitrogens with one attached hydrogen (secondary N) is 1. The third kappa shape index (κ3) is 2.81. The van der Waals surface area contributed by atoms with Crippen LogP contribution in [0.1, 0.15) is 10.4 Å². The first kappa shape index (κ1) is 13.3. The number of nitrogens with zero attached hydrogens (tertiary/aromatic N) is 3. The van der Waals surface area contributed by atoms with Crippen LogP contribution in [0.2, 0.25) is 5.02 Å². The first-order valence-electron chi connectivity index (χ1n) is 5.43. The molecule has 0 saturated heterocycles. The zero-order valence-electron chi connectivity index (χ0n) is 10.2. The van der Waals surface area contributed by atoms with Crippen molar-refractivity contribution >= 4 is 29.0 Å². The number of nitrogen functional groups attached to an aromatic ring is 1. The Morgan fingerprint density at radius 3 is 2.84 bits per heavy atom. The number of halogens is 1. The van der Waals surface area contributed by atoms with Crippen LogP contribution in [0.3, 0.4) is 0 Å². The molecule has 1 amide bonds. The second-order valence-corrected chi connectivity index (χ2v) is 4.18. The van der Waals surface area contributed by atoms with Gasteiger partial charge in [-0.05, 0) is 18.2 Å². The smallest absolute Gasteiger partial charge is 0.259 e. The Morgan fingerprint density at radius 2 is 2.26 bits per heavy atom. The number of hydrogen-bond acceptors (Lipinski definition) is 5. The Hall–Kier alpha value is -2.18. The maximum Gasteiger partial charge on any atom is 0.259 e. The van der Waals surface area contributed by atoms with Crippen LogP contribution in [0, 0.1) is 0 Å². The van der Waals surface area contributed by atoms with Gasteiger partial charge in [0.2, 0.25) is 0 Å². The van der Waals surface area contributed by atoms with E-state index in [2.05, 4.69) is 15.4 Å². The molecule has 2 heterocycles. The summed E-state index contributed by atoms with van der Waals surface area (Å²) in [5.74, 6) is 5.40. The maximum atomic E-state index is 12.2. The SMILES string of the molecule is CN(C(=O)c1cccnc1)c1cnc(NN)c(Cl)c1. The molecule has 0 radical (unpaired) electrons. The van der Waals surface area contributed by atoms with E-state index in [0.29, 0.717) is 22.1 Å². The van der Waals surface area contributed by atoms with Gasteiger partial charge in [0.1, 0.15) is 0 Å². The van der Waals surface area contributed by atoms with Gasteiger partial charge < -0.3 is 10.3 Å². The fourth-order valence-corrected chi connectivity index (χ4v) is 1.73. The number of carbonyl (C=O) groups is 1. The third-order valence-corrected chi connectivity index (χ3v) is 2.85. The predicted molar refractivity (Wildman–Crippen MR) is 74.0 cm³/mol. The summed E-state index contributed by atoms with van der Waals surface area (Å²) in [6.07, 6.45) is 4.62. The van der Waals surface area contributed by atoms with Gasteiger partial charge >= 0.3 is 0 Å². The number of hydrogen-bond donors (Lipinski definition) is 2. The van der Waals surface area contributed by atoms with Crippen molar-refractivity contribution in [2.45, 2.75) is 0 Å². The number of rotatable bonds is 3. The van der Waals surface area contributed by atoms with Crippen LogP contribution in [0.15, 0.2) is 36.8 Å². The summed E-state index contributed by atoms with van der Waals surface area (Å²) in [5.41, 5.74) is 3.42. The van der Waals surface area contributed by atoms with Crippen LogP contribution >= 0.6 is 11.6 Å². The van der Waals surface area contributed by atoms with Gasteiger partial charge in [0, 0.05) is 19.4 Å². The summed E-state index contributed by atoms with van der Waals surface area (Å²) in [4.78, 5) is 21.6. The molecule has 98 valence electrons. The molecule has 0 aliphatic heterocycles. The van der Waals surface area contributed by atoms with Gasteiger partial charge in [-0.2, -0.15) is 0 Å². The van der Waals surface area contributed by atoms with Gasteiger partial charge in [0.15, 0.2) is 5.82 Å². The minimum atomic E-state index is -0.195. The molecule has 0 atom stereocenters. The minimum absolute atomic E-state index is 0.195. The molecule has 2 rings (SSSR count). The lowest BCUT2D eigenvalue weighted by Gasteiger charge is -2.17. The number of pyridine rings is 2. The zero-order chi connectivity index (χ0) is 13.8. The molecule has 3 N–H and O–H groups in total. The van der Waals surface area contributed by atoms with E-state index >= 15 is 0 Å². The molecular weight excluding hydrogens is 266 g/mol. The predicted octanol–water partition coefficient (Wildman–Crippen LogP) is 1.69. The van der Waals surface area contributed by atoms with Gasteiger partial charge in [-0.3, -0.25) is 9.78 Å². The second kappa shape index (κ2) is 5.64. The van der Waals surface area contributed by atoms with E-state index in [-0.39, 0.29) is 5.91 Å². The third-order valence-electron chi connectivity index (χ3n) is 2.56. The fraction of sp³-hybridized carbons (Fsp3) is 0.0833. The van der Waals surface area contributed by atoms with Gasteiger partial charge in [0.05, 0.1) is 22.5 Å². The van der Waals surface area contributed by atoms with Crippen LogP contribution < -0.4 is 16.2 Å². The van der Waals surface area contributed by atoms with Crippen molar-refractivity contribution in [1.29, 1.82) is 0 Å². The fourth-order valence-electron chi connectivity index (χ4n) is 1.52. The van der Waals surface area contributed by atoms with Crippen LogP contribution in [-0.4, -0.2) is 22.9 Å². The average Bonchev–Trinajstić information content (AvgIpc) is 2.46. The molecule has 6 nitrogen and oxygen atoms in total. The van der Waals surface area contributed by atoms with Gasteiger partial charge in [-0.25, -0.2) is 10.8 Å². The minimum Gasteiger partial charge on any atom is -0.310 e. The molecule has 0 aliphatic rings. The number of aromatic nitrogens is 2. The molecule has 0 aromatic carbocycles. The summed E-state index contributed by atoms with van der Waals surface area (Å²) >= 11 is 5.97. The van der Waals surface area contributed by atoms with Crippen molar-refractivity contribution in [3.05, 3.63) is 47.4 Å². The summed E-state index contributed by atoms with van der Waals surface area (Å²) in [7, 11) is 1.64. The average molecular weight is 278 g/mol. The van der Waals surface area contributed by atoms with Crippen molar-refractivity contribution in [3.8, 4) is 0 Å². The standard InChI is InChI=1S/C12H12ClN5O/c1-18(12(19)8-3-2-4-15-6-8)9-5-10(13)11(17-14)16-7-9/h2-7H,14H2,1H3,(H,16,17). The topological polar surface area (TPSA) is 84.1 Å². The number of nitrogens with two attached hydrogens (primary N) is 1. The molecule has 2 aromatic heterocycles. The quantitative estimate of drug-likeness (QED) is 0.659. The zero-order valence-corrected chi connectivity index (χ0v) is 10.9. The summed E-state index contributed by atoms with van der Waals surface area (Å²) in [6.45, 7) is 0. The number of amides is 1. The number of hydrazine groups is 1. The molecule has 2 aromatic rings. The molecule has 0 bridgehead atoms. The molecule has 19 heavy (non-hydrogen) atoms. The number of anilines is 2. The van der Waals surface area contributed by atoms with E-state index in [0.717, 1.165) is 0 Å². The van der Waals surface area contributed by atoms with Crippen molar-refractivity contribution in [3.63, 3.8) is 0 Å². The summed E-state index contributed by atoms with van der Waals surface area (Å²) in [5, 5.41) is 0.339. The molecular formula is C12H12ClN5O. The molecule has 0 unspecified atom stereocenters. The van der Waals surface area contributed by atoms with E-state index in [1.807, 2.05) is 0 Å². The lowest BCUT2D eigenvalue weighted by atomic mass is 10.2. The van der Waals surface area contributed by atoms with Gasteiger partial charge in [-0.15, -0.1) is 0 Å². The van der Waals surface area contributed by atoms with Crippen LogP contribution in [0.25, 0.3) is 0 Å². The lowest BCUT2D eigenvalue weighted by molar-refractivity contribution is 0.0992. The van der Waals surface area contributed by atoms with E-state index in [1.54, 1.807) is 31.4 Å². The Kier molecular flexibility index (Phi) is 3.94. The Labute approximate surface area is 115 Å². The Morgan fingerprint density at radius 1 is 1.47 bits per heavy atom. The van der Waals surface area contributed by atoms with E-state index in [1.165, 1.54) is 17.3 Å². The highest BCUT2D eigenvalue weighted by atomic mass is 35.5. The monoisotopic (exact) mass is 277 g/mol. The van der Waals surface area contributed by atoms with Crippen molar-refractivity contribution in [2.75, 3.05) is 17.4 Å². The maximum absolute atomic E-state index is 12.2. The Bertz CT molecular complexity index is 590. The van der Waals surface area contributed by atoms with Crippen LogP contribution in [0.5, 0.6) is 0 Å². The molecule has 0 fully saturated rings. The largest absolute Gasteiger partial charge is 0.310 e. The van der Waals surface area contributed by atoms with E-state index in [9.17, 15) is 4.79 Å². The molecule has 7 heteroatoms. The molecule has 0 saturated carbocycles. The second-order valence-electron chi connectivity index (χ2n) is 3.77. The highest BCUT2D eigenvalue weighted by molar-refractivity contribution is 6.33. The van der Waals surface area contributed by atoms with Gasteiger partial charge in [0.25, 0.3) is 5.91 Å². The van der Waals surface area contributed by atoms with E-state index in [4.69, 9.17) is 17.4 Å². The van der Waals surface area contributed by atoms with Crippen molar-refractivity contribution in [1.82, 2.24) is 9.97 Å². The van der Waals surface area contributed by atoms with Crippen LogP contribution in [0.4, 0.5) is 11.5 Å². The van der Waals surface area contributed by atoms with Crippen LogP contribution in [-0.2, 0) is 0 Å². The first-order chi connectivity index (χ1) is 9.13. The number of carbonyl (C=O) groups excluding carboxylic acids is 1. The van der Waals surface area contributed by atoms with Gasteiger partial charge in [-0.1, -0.05) is 11.6 Å². The summed E-state index contributed by atoms with van der Waals surface area (Å²) in [6, 6.07) is 5.00. The highest BCUT2D eigenvalue weighted by Gasteiger charge is 2.15. The normalized spacial score (nSPS) is 10.1. The van der Waals surface area contributed by atoms with Crippen molar-refractivity contribution < 1.29 is 4.79 Å². The molecule has 0 aliphatic carbocycles. The van der Waals surface area contributed by atoms with Crippen molar-refractivity contribution in [2.24, 2.45) is 5.84 Å². The summed E-state index contributed by atoms with van der Waals surface area (Å²) < 4.78 is 0. The molecule has 0 spiro atoms. The van der Waals surface area contributed by atoms with E-state index < -0.39 is 0 Å². The lowest BCUT2D eigenvalue weighted by Crippen LogP contribution is -2.26. The highest BCUT2D eigenvalue weighted by Crippen LogP contribution is 2.24.